The Kier molecular flexibility index (Phi) is 4.23. The van der Waals surface area contributed by atoms with Crippen LogP contribution < -0.4 is 10.5 Å². The van der Waals surface area contributed by atoms with Gasteiger partial charge in [0.2, 0.25) is 0 Å². The molecule has 2 bridgehead atoms. The SMILES string of the molecule is CC1(C)CCN2CCC(C)(C)c3c2c1cc1cc(C2=NC4=CC(C=CC=C4)S2)c(=O)oc31. The van der Waals surface area contributed by atoms with Gasteiger partial charge in [-0.15, -0.1) is 0 Å². The summed E-state index contributed by atoms with van der Waals surface area (Å²) >= 11 is 1.60. The molecule has 0 radical (unpaired) electrons. The summed E-state index contributed by atoms with van der Waals surface area (Å²) in [6.45, 7) is 11.4. The maximum Gasteiger partial charge on any atom is 0.346 e. The van der Waals surface area contributed by atoms with Gasteiger partial charge in [0.1, 0.15) is 10.6 Å². The maximum absolute atomic E-state index is 13.3. The molecule has 1 unspecified atom stereocenters. The zero-order valence-electron chi connectivity index (χ0n) is 19.1. The zero-order chi connectivity index (χ0) is 22.3. The van der Waals surface area contributed by atoms with Crippen molar-refractivity contribution in [2.24, 2.45) is 4.99 Å². The van der Waals surface area contributed by atoms with Crippen LogP contribution in [0.2, 0.25) is 0 Å². The van der Waals surface area contributed by atoms with Gasteiger partial charge in [-0.1, -0.05) is 57.7 Å². The van der Waals surface area contributed by atoms with Crippen LogP contribution in [0.3, 0.4) is 0 Å². The van der Waals surface area contributed by atoms with Crippen molar-refractivity contribution < 1.29 is 4.42 Å². The molecule has 0 saturated heterocycles. The Morgan fingerprint density at radius 2 is 1.88 bits per heavy atom. The first-order valence-electron chi connectivity index (χ1n) is 11.5. The van der Waals surface area contributed by atoms with Crippen LogP contribution in [0.25, 0.3) is 11.0 Å². The average molecular weight is 445 g/mol. The van der Waals surface area contributed by atoms with Crippen molar-refractivity contribution in [3.05, 3.63) is 75.3 Å². The highest BCUT2D eigenvalue weighted by molar-refractivity contribution is 8.15. The molecule has 0 fully saturated rings. The quantitative estimate of drug-likeness (QED) is 0.519. The fraction of sp³-hybridized carbons (Fsp3) is 0.407. The molecule has 5 heteroatoms. The largest absolute Gasteiger partial charge is 0.422 e. The summed E-state index contributed by atoms with van der Waals surface area (Å²) in [4.78, 5) is 20.5. The van der Waals surface area contributed by atoms with E-state index >= 15 is 0 Å². The van der Waals surface area contributed by atoms with Crippen LogP contribution >= 0.6 is 11.8 Å². The Morgan fingerprint density at radius 1 is 1.09 bits per heavy atom. The second-order valence-electron chi connectivity index (χ2n) is 10.6. The van der Waals surface area contributed by atoms with E-state index in [2.05, 4.69) is 50.8 Å². The summed E-state index contributed by atoms with van der Waals surface area (Å²) < 4.78 is 6.14. The number of anilines is 1. The molecule has 1 atom stereocenters. The van der Waals surface area contributed by atoms with Crippen LogP contribution in [-0.2, 0) is 10.8 Å². The van der Waals surface area contributed by atoms with E-state index in [1.165, 1.54) is 16.8 Å². The van der Waals surface area contributed by atoms with Gasteiger partial charge in [-0.25, -0.2) is 9.79 Å². The third-order valence-electron chi connectivity index (χ3n) is 7.45. The van der Waals surface area contributed by atoms with Crippen LogP contribution in [0.1, 0.15) is 57.2 Å². The number of nitrogens with zero attached hydrogens (tertiary/aromatic N) is 2. The number of aliphatic imine (C=N–C) groups is 1. The summed E-state index contributed by atoms with van der Waals surface area (Å²) in [5.74, 6) is 0. The Bertz CT molecular complexity index is 1340. The maximum atomic E-state index is 13.3. The topological polar surface area (TPSA) is 45.8 Å². The molecule has 6 rings (SSSR count). The zero-order valence-corrected chi connectivity index (χ0v) is 19.9. The first-order chi connectivity index (χ1) is 15.2. The number of hydrogen-bond donors (Lipinski definition) is 0. The smallest absolute Gasteiger partial charge is 0.346 e. The first kappa shape index (κ1) is 20.1. The van der Waals surface area contributed by atoms with E-state index in [0.717, 1.165) is 47.6 Å². The van der Waals surface area contributed by atoms with Crippen LogP contribution in [0.4, 0.5) is 5.69 Å². The molecule has 32 heavy (non-hydrogen) atoms. The van der Waals surface area contributed by atoms with Crippen molar-refractivity contribution in [2.45, 2.75) is 56.6 Å². The summed E-state index contributed by atoms with van der Waals surface area (Å²) in [5.41, 5.74) is 5.84. The van der Waals surface area contributed by atoms with Crippen LogP contribution in [-0.4, -0.2) is 23.4 Å². The van der Waals surface area contributed by atoms with E-state index < -0.39 is 0 Å². The van der Waals surface area contributed by atoms with E-state index in [-0.39, 0.29) is 21.7 Å². The molecule has 0 spiro atoms. The molecule has 4 heterocycles. The van der Waals surface area contributed by atoms with Crippen molar-refractivity contribution in [3.8, 4) is 0 Å². The third-order valence-corrected chi connectivity index (χ3v) is 8.55. The van der Waals surface area contributed by atoms with Gasteiger partial charge in [0.05, 0.1) is 11.3 Å². The van der Waals surface area contributed by atoms with Crippen molar-refractivity contribution in [3.63, 3.8) is 0 Å². The van der Waals surface area contributed by atoms with Gasteiger partial charge in [-0.05, 0) is 53.5 Å². The van der Waals surface area contributed by atoms with Gasteiger partial charge < -0.3 is 9.32 Å². The lowest BCUT2D eigenvalue weighted by Crippen LogP contribution is -2.44. The molecule has 1 aromatic heterocycles. The van der Waals surface area contributed by atoms with Gasteiger partial charge in [0, 0.05) is 35.0 Å². The number of hydrogen-bond acceptors (Lipinski definition) is 5. The number of fused-ring (bicyclic) bond motifs is 3. The second kappa shape index (κ2) is 6.74. The summed E-state index contributed by atoms with van der Waals surface area (Å²) in [6, 6.07) is 4.29. The van der Waals surface area contributed by atoms with Crippen molar-refractivity contribution in [1.29, 1.82) is 0 Å². The minimum atomic E-state index is -0.296. The highest BCUT2D eigenvalue weighted by Crippen LogP contribution is 2.51. The monoisotopic (exact) mass is 444 g/mol. The van der Waals surface area contributed by atoms with E-state index in [0.29, 0.717) is 5.56 Å². The predicted octanol–water partition coefficient (Wildman–Crippen LogP) is 5.83. The Labute approximate surface area is 192 Å². The average Bonchev–Trinajstić information content (AvgIpc) is 2.90. The first-order valence-corrected chi connectivity index (χ1v) is 12.3. The molecule has 0 N–H and O–H groups in total. The van der Waals surface area contributed by atoms with Crippen LogP contribution in [0.5, 0.6) is 0 Å². The molecule has 4 aliphatic rings. The molecular formula is C27H28N2O2S. The highest BCUT2D eigenvalue weighted by atomic mass is 32.2. The Morgan fingerprint density at radius 3 is 2.69 bits per heavy atom. The van der Waals surface area contributed by atoms with E-state index in [9.17, 15) is 4.79 Å². The van der Waals surface area contributed by atoms with Gasteiger partial charge in [-0.2, -0.15) is 0 Å². The van der Waals surface area contributed by atoms with Crippen molar-refractivity contribution in [2.75, 3.05) is 18.0 Å². The van der Waals surface area contributed by atoms with Gasteiger partial charge in [-0.3, -0.25) is 0 Å². The highest BCUT2D eigenvalue weighted by Gasteiger charge is 2.42. The lowest BCUT2D eigenvalue weighted by atomic mass is 9.69. The fourth-order valence-corrected chi connectivity index (χ4v) is 6.51. The predicted molar refractivity (Wildman–Crippen MR) is 134 cm³/mol. The molecule has 164 valence electrons. The standard InChI is InChI=1S/C27H28N2O2S/c1-26(2)9-11-29-12-10-27(3,4)21-22(29)20(26)14-16-13-19(25(30)31-23(16)21)24-28-17-7-5-6-8-18(15-17)32-24/h5-8,13-15,18H,9-12H2,1-4H3. The molecule has 4 nitrogen and oxygen atoms in total. The minimum Gasteiger partial charge on any atom is -0.422 e. The summed E-state index contributed by atoms with van der Waals surface area (Å²) in [5, 5.41) is 1.93. The minimum absolute atomic E-state index is 0.0442. The van der Waals surface area contributed by atoms with E-state index in [1.54, 1.807) is 11.8 Å². The molecule has 1 aliphatic carbocycles. The third kappa shape index (κ3) is 2.97. The van der Waals surface area contributed by atoms with E-state index in [4.69, 9.17) is 9.41 Å². The Balaban J connectivity index is 1.61. The summed E-state index contributed by atoms with van der Waals surface area (Å²) in [7, 11) is 0. The van der Waals surface area contributed by atoms with Gasteiger partial charge in [0.25, 0.3) is 0 Å². The fourth-order valence-electron chi connectivity index (χ4n) is 5.45. The molecular weight excluding hydrogens is 416 g/mol. The molecule has 3 aliphatic heterocycles. The number of benzene rings is 1. The summed E-state index contributed by atoms with van der Waals surface area (Å²) in [6.07, 6.45) is 12.5. The second-order valence-corrected chi connectivity index (χ2v) is 11.8. The van der Waals surface area contributed by atoms with Crippen LogP contribution in [0, 0.1) is 0 Å². The molecule has 1 aromatic carbocycles. The van der Waals surface area contributed by atoms with E-state index in [1.807, 2.05) is 24.3 Å². The van der Waals surface area contributed by atoms with Crippen molar-refractivity contribution >= 4 is 33.5 Å². The normalized spacial score (nSPS) is 24.6. The Hall–Kier alpha value is -2.53. The molecule has 0 amide bonds. The van der Waals surface area contributed by atoms with Crippen molar-refractivity contribution in [1.82, 2.24) is 0 Å². The number of allylic oxidation sites excluding steroid dienone is 3. The number of thioether (sulfide) groups is 1. The van der Waals surface area contributed by atoms with Gasteiger partial charge in [0.15, 0.2) is 0 Å². The van der Waals surface area contributed by atoms with Crippen LogP contribution in [0.15, 0.2) is 62.4 Å². The van der Waals surface area contributed by atoms with Gasteiger partial charge >= 0.3 is 5.63 Å². The lowest BCUT2D eigenvalue weighted by molar-refractivity contribution is 0.398. The number of rotatable bonds is 1. The lowest BCUT2D eigenvalue weighted by Gasteiger charge is -2.48. The molecule has 0 saturated carbocycles. The molecule has 2 aromatic rings.